The molecule has 0 N–H and O–H groups in total. The van der Waals surface area contributed by atoms with Crippen LogP contribution in [0.2, 0.25) is 5.02 Å². The van der Waals surface area contributed by atoms with Crippen molar-refractivity contribution in [1.29, 1.82) is 0 Å². The number of rotatable bonds is 14. The van der Waals surface area contributed by atoms with Gasteiger partial charge in [0.05, 0.1) is 24.6 Å². The van der Waals surface area contributed by atoms with E-state index >= 15 is 0 Å². The maximum Gasteiger partial charge on any atom is 0.353 e. The van der Waals surface area contributed by atoms with Gasteiger partial charge in [-0.25, -0.2) is 4.79 Å². The molecule has 0 aliphatic heterocycles. The van der Waals surface area contributed by atoms with Crippen molar-refractivity contribution in [3.8, 4) is 17.2 Å². The zero-order valence-electron chi connectivity index (χ0n) is 24.0. The second-order valence-electron chi connectivity index (χ2n) is 9.75. The first-order valence-corrected chi connectivity index (χ1v) is 15.5. The fourth-order valence-corrected chi connectivity index (χ4v) is 4.76. The molecule has 0 saturated carbocycles. The lowest BCUT2D eigenvalue weighted by Gasteiger charge is -2.08. The van der Waals surface area contributed by atoms with Crippen molar-refractivity contribution >= 4 is 52.7 Å². The van der Waals surface area contributed by atoms with Crippen molar-refractivity contribution in [2.75, 3.05) is 13.2 Å². The van der Waals surface area contributed by atoms with Crippen molar-refractivity contribution in [3.63, 3.8) is 0 Å². The quantitative estimate of drug-likeness (QED) is 0.0535. The van der Waals surface area contributed by atoms with Gasteiger partial charge in [-0.05, 0) is 139 Å². The molecule has 5 aromatic rings. The maximum absolute atomic E-state index is 12.1. The Morgan fingerprint density at radius 3 is 1.66 bits per heavy atom. The number of carbonyl (C=O) groups excluding carboxylic acids is 1. The first-order chi connectivity index (χ1) is 21.6. The number of hydrogen-bond acceptors (Lipinski definition) is 7. The zero-order valence-corrected chi connectivity index (χ0v) is 25.5. The van der Waals surface area contributed by atoms with Gasteiger partial charge in [0.15, 0.2) is 0 Å². The van der Waals surface area contributed by atoms with Crippen LogP contribution < -0.4 is 14.2 Å². The van der Waals surface area contributed by atoms with Gasteiger partial charge in [0, 0.05) is 17.5 Å². The van der Waals surface area contributed by atoms with E-state index in [-0.39, 0.29) is 5.97 Å². The molecule has 0 atom stereocenters. The van der Waals surface area contributed by atoms with E-state index in [1.54, 1.807) is 24.4 Å². The Morgan fingerprint density at radius 2 is 1.14 bits per heavy atom. The van der Waals surface area contributed by atoms with Crippen molar-refractivity contribution in [2.24, 2.45) is 9.98 Å². The number of nitrogens with zero attached hydrogens (tertiary/aromatic N) is 2. The summed E-state index contributed by atoms with van der Waals surface area (Å²) >= 11 is 7.27. The highest BCUT2D eigenvalue weighted by atomic mass is 35.5. The van der Waals surface area contributed by atoms with Gasteiger partial charge in [-0.3, -0.25) is 9.98 Å². The summed E-state index contributed by atoms with van der Waals surface area (Å²) in [5.41, 5.74) is 3.59. The lowest BCUT2D eigenvalue weighted by atomic mass is 10.2. The zero-order chi connectivity index (χ0) is 30.4. The molecule has 8 heteroatoms. The molecular formula is C36H31ClN2O4S. The number of unbranched alkanes of at least 4 members (excludes halogenated alkanes) is 2. The van der Waals surface area contributed by atoms with Crippen molar-refractivity contribution in [1.82, 2.24) is 0 Å². The predicted octanol–water partition coefficient (Wildman–Crippen LogP) is 9.75. The lowest BCUT2D eigenvalue weighted by molar-refractivity contribution is 0.0740. The minimum absolute atomic E-state index is 0.353. The summed E-state index contributed by atoms with van der Waals surface area (Å²) in [7, 11) is 0. The van der Waals surface area contributed by atoms with Gasteiger partial charge < -0.3 is 14.2 Å². The third kappa shape index (κ3) is 9.93. The summed E-state index contributed by atoms with van der Waals surface area (Å²) in [6.07, 6.45) is 6.51. The summed E-state index contributed by atoms with van der Waals surface area (Å²) in [4.78, 5) is 21.6. The molecule has 1 aromatic heterocycles. The fourth-order valence-electron chi connectivity index (χ4n) is 4.04. The van der Waals surface area contributed by atoms with E-state index in [2.05, 4.69) is 9.98 Å². The minimum atomic E-state index is -0.353. The number of carbonyl (C=O) groups is 1. The molecule has 0 bridgehead atoms. The van der Waals surface area contributed by atoms with Crippen LogP contribution in [0.25, 0.3) is 0 Å². The first kappa shape index (κ1) is 30.7. The number of benzene rings is 4. The van der Waals surface area contributed by atoms with E-state index in [0.717, 1.165) is 53.3 Å². The SMILES string of the molecule is O=C(Oc1ccc(C=Nc2ccc(OCCCCCOc3ccc(C=Nc4ccc(Cl)cc4)cc3)cc2)cc1)c1cccs1. The van der Waals surface area contributed by atoms with Gasteiger partial charge in [0.25, 0.3) is 0 Å². The van der Waals surface area contributed by atoms with Gasteiger partial charge in [-0.2, -0.15) is 0 Å². The van der Waals surface area contributed by atoms with Crippen molar-refractivity contribution < 1.29 is 19.0 Å². The molecule has 0 fully saturated rings. The molecule has 0 amide bonds. The average Bonchev–Trinajstić information content (AvgIpc) is 3.61. The van der Waals surface area contributed by atoms with Gasteiger partial charge >= 0.3 is 5.97 Å². The van der Waals surface area contributed by atoms with Crippen LogP contribution in [-0.2, 0) is 0 Å². The third-order valence-corrected chi connectivity index (χ3v) is 7.51. The average molecular weight is 623 g/mol. The maximum atomic E-state index is 12.1. The normalized spacial score (nSPS) is 11.2. The smallest absolute Gasteiger partial charge is 0.353 e. The number of ether oxygens (including phenoxy) is 3. The molecule has 1 heterocycles. The summed E-state index contributed by atoms with van der Waals surface area (Å²) in [6, 6.07) is 33.8. The molecule has 6 nitrogen and oxygen atoms in total. The highest BCUT2D eigenvalue weighted by Gasteiger charge is 2.09. The van der Waals surface area contributed by atoms with E-state index in [1.807, 2.05) is 103 Å². The van der Waals surface area contributed by atoms with Crippen LogP contribution in [0.4, 0.5) is 11.4 Å². The Hall–Kier alpha value is -4.72. The van der Waals surface area contributed by atoms with E-state index in [9.17, 15) is 4.79 Å². The lowest BCUT2D eigenvalue weighted by Crippen LogP contribution is -2.06. The molecule has 0 aliphatic rings. The van der Waals surface area contributed by atoms with Crippen LogP contribution >= 0.6 is 22.9 Å². The Bertz CT molecular complexity index is 1650. The monoisotopic (exact) mass is 622 g/mol. The number of aliphatic imine (C=N–C) groups is 2. The molecule has 0 unspecified atom stereocenters. The Labute approximate surface area is 266 Å². The van der Waals surface area contributed by atoms with E-state index in [0.29, 0.717) is 28.9 Å². The highest BCUT2D eigenvalue weighted by molar-refractivity contribution is 7.12. The van der Waals surface area contributed by atoms with Crippen LogP contribution in [0.5, 0.6) is 17.2 Å². The molecule has 5 rings (SSSR count). The van der Waals surface area contributed by atoms with E-state index < -0.39 is 0 Å². The van der Waals surface area contributed by atoms with Crippen LogP contribution in [-0.4, -0.2) is 31.6 Å². The Balaban J connectivity index is 0.948. The van der Waals surface area contributed by atoms with Crippen molar-refractivity contribution in [2.45, 2.75) is 19.3 Å². The fraction of sp³-hybridized carbons (Fsp3) is 0.139. The van der Waals surface area contributed by atoms with Crippen LogP contribution in [0.15, 0.2) is 125 Å². The molecule has 44 heavy (non-hydrogen) atoms. The predicted molar refractivity (Wildman–Crippen MR) is 179 cm³/mol. The number of halogens is 1. The standard InChI is InChI=1S/C36H31ClN2O4S/c37-29-10-12-30(13-11-29)38-25-27-6-16-32(17-7-27)41-22-2-1-3-23-42-33-20-14-31(15-21-33)39-26-28-8-18-34(19-9-28)43-36(40)35-5-4-24-44-35/h4-21,24-26H,1-3,22-23H2. The third-order valence-electron chi connectivity index (χ3n) is 6.41. The minimum Gasteiger partial charge on any atom is -0.494 e. The summed E-state index contributed by atoms with van der Waals surface area (Å²) in [5, 5.41) is 2.54. The second kappa shape index (κ2) is 16.2. The number of thiophene rings is 1. The van der Waals surface area contributed by atoms with Gasteiger partial charge in [0.1, 0.15) is 22.1 Å². The second-order valence-corrected chi connectivity index (χ2v) is 11.1. The number of esters is 1. The Kier molecular flexibility index (Phi) is 11.3. The van der Waals surface area contributed by atoms with Crippen molar-refractivity contribution in [3.05, 3.63) is 136 Å². The van der Waals surface area contributed by atoms with Gasteiger partial charge in [-0.1, -0.05) is 17.7 Å². The molecule has 0 radical (unpaired) electrons. The van der Waals surface area contributed by atoms with Gasteiger partial charge in [0.2, 0.25) is 0 Å². The number of hydrogen-bond donors (Lipinski definition) is 0. The van der Waals surface area contributed by atoms with Gasteiger partial charge in [-0.15, -0.1) is 11.3 Å². The molecule has 0 aliphatic carbocycles. The van der Waals surface area contributed by atoms with Crippen LogP contribution in [0, 0.1) is 0 Å². The first-order valence-electron chi connectivity index (χ1n) is 14.3. The molecule has 222 valence electrons. The molecule has 0 spiro atoms. The van der Waals surface area contributed by atoms with E-state index in [4.69, 9.17) is 25.8 Å². The summed E-state index contributed by atoms with van der Waals surface area (Å²) in [6.45, 7) is 1.31. The summed E-state index contributed by atoms with van der Waals surface area (Å²) in [5.74, 6) is 1.81. The van der Waals surface area contributed by atoms with E-state index in [1.165, 1.54) is 11.3 Å². The summed E-state index contributed by atoms with van der Waals surface area (Å²) < 4.78 is 17.1. The highest BCUT2D eigenvalue weighted by Crippen LogP contribution is 2.21. The van der Waals surface area contributed by atoms with Crippen LogP contribution in [0.1, 0.15) is 40.1 Å². The molecular weight excluding hydrogens is 592 g/mol. The molecule has 4 aromatic carbocycles. The molecule has 0 saturated heterocycles. The topological polar surface area (TPSA) is 69.5 Å². The largest absolute Gasteiger partial charge is 0.494 e. The Morgan fingerprint density at radius 1 is 0.636 bits per heavy atom. The van der Waals surface area contributed by atoms with Crippen LogP contribution in [0.3, 0.4) is 0 Å².